The number of hydrogen-bond donors (Lipinski definition) is 2. The predicted octanol–water partition coefficient (Wildman–Crippen LogP) is 3.10. The minimum atomic E-state index is -0.389. The first-order valence-electron chi connectivity index (χ1n) is 11.6. The van der Waals surface area contributed by atoms with E-state index in [2.05, 4.69) is 10.3 Å². The summed E-state index contributed by atoms with van der Waals surface area (Å²) in [4.78, 5) is 42.1. The number of rotatable bonds is 7. The third kappa shape index (κ3) is 5.70. The zero-order valence-corrected chi connectivity index (χ0v) is 19.6. The number of nitrogens with one attached hydrogen (secondary N) is 2. The molecule has 2 heterocycles. The van der Waals surface area contributed by atoms with Gasteiger partial charge in [0.15, 0.2) is 0 Å². The lowest BCUT2D eigenvalue weighted by Gasteiger charge is -2.34. The van der Waals surface area contributed by atoms with Crippen LogP contribution in [0.25, 0.3) is 0 Å². The van der Waals surface area contributed by atoms with E-state index in [1.807, 2.05) is 48.2 Å². The average molecular weight is 449 g/mol. The van der Waals surface area contributed by atoms with Gasteiger partial charge < -0.3 is 15.2 Å². The lowest BCUT2D eigenvalue weighted by atomic mass is 9.93. The molecule has 0 bridgehead atoms. The van der Waals surface area contributed by atoms with E-state index in [1.165, 1.54) is 0 Å². The minimum Gasteiger partial charge on any atom is -0.353 e. The van der Waals surface area contributed by atoms with Crippen molar-refractivity contribution < 1.29 is 9.59 Å². The highest BCUT2D eigenvalue weighted by molar-refractivity contribution is 5.84. The number of nitrogens with zero attached hydrogens (tertiary/aromatic N) is 2. The van der Waals surface area contributed by atoms with Gasteiger partial charge >= 0.3 is 0 Å². The zero-order chi connectivity index (χ0) is 24.0. The molecule has 2 aromatic rings. The van der Waals surface area contributed by atoms with Gasteiger partial charge in [-0.1, -0.05) is 37.3 Å². The lowest BCUT2D eigenvalue weighted by Crippen LogP contribution is -2.47. The van der Waals surface area contributed by atoms with Crippen LogP contribution in [0.3, 0.4) is 0 Å². The normalized spacial score (nSPS) is 15.0. The summed E-state index contributed by atoms with van der Waals surface area (Å²) in [5.41, 5.74) is 2.94. The molecule has 33 heavy (non-hydrogen) atoms. The molecule has 1 aliphatic rings. The zero-order valence-electron chi connectivity index (χ0n) is 19.6. The van der Waals surface area contributed by atoms with Crippen molar-refractivity contribution in [3.8, 4) is 6.07 Å². The Morgan fingerprint density at radius 2 is 1.88 bits per heavy atom. The van der Waals surface area contributed by atoms with Gasteiger partial charge in [0.25, 0.3) is 5.56 Å². The second kappa shape index (κ2) is 11.0. The molecule has 0 spiro atoms. The van der Waals surface area contributed by atoms with Gasteiger partial charge in [-0.05, 0) is 56.2 Å². The fourth-order valence-electron chi connectivity index (χ4n) is 4.66. The maximum Gasteiger partial charge on any atom is 0.266 e. The molecule has 174 valence electrons. The molecule has 0 radical (unpaired) electrons. The number of aromatic amines is 1. The van der Waals surface area contributed by atoms with Gasteiger partial charge in [-0.2, -0.15) is 5.26 Å². The minimum absolute atomic E-state index is 0.0470. The van der Waals surface area contributed by atoms with E-state index in [0.717, 1.165) is 30.4 Å². The number of piperidine rings is 1. The molecule has 1 aliphatic heterocycles. The molecule has 2 amide bonds. The van der Waals surface area contributed by atoms with E-state index in [4.69, 9.17) is 0 Å². The molecule has 1 atom stereocenters. The lowest BCUT2D eigenvalue weighted by molar-refractivity contribution is -0.134. The van der Waals surface area contributed by atoms with Crippen LogP contribution in [0.15, 0.2) is 35.1 Å². The first kappa shape index (κ1) is 24.2. The fourth-order valence-corrected chi connectivity index (χ4v) is 4.66. The number of H-pyrrole nitrogens is 1. The molecule has 0 aliphatic carbocycles. The van der Waals surface area contributed by atoms with Crippen LogP contribution in [0.2, 0.25) is 0 Å². The van der Waals surface area contributed by atoms with Gasteiger partial charge in [0.2, 0.25) is 11.8 Å². The van der Waals surface area contributed by atoms with E-state index in [0.29, 0.717) is 30.8 Å². The number of carbonyl (C=O) groups excluding carboxylic acids is 2. The van der Waals surface area contributed by atoms with Crippen molar-refractivity contribution in [2.45, 2.75) is 64.8 Å². The molecule has 1 aromatic heterocycles. The summed E-state index contributed by atoms with van der Waals surface area (Å²) >= 11 is 0. The predicted molar refractivity (Wildman–Crippen MR) is 127 cm³/mol. The van der Waals surface area contributed by atoms with Crippen LogP contribution >= 0.6 is 0 Å². The van der Waals surface area contributed by atoms with Crippen molar-refractivity contribution in [3.63, 3.8) is 0 Å². The Kier molecular flexibility index (Phi) is 8.05. The Hall–Kier alpha value is -3.40. The first-order chi connectivity index (χ1) is 15.8. The van der Waals surface area contributed by atoms with Gasteiger partial charge in [0.05, 0.1) is 5.92 Å². The van der Waals surface area contributed by atoms with Crippen molar-refractivity contribution in [1.29, 1.82) is 5.26 Å². The molecule has 1 unspecified atom stereocenters. The molecule has 2 N–H and O–H groups in total. The Bertz CT molecular complexity index is 1090. The maximum atomic E-state index is 13.0. The van der Waals surface area contributed by atoms with Crippen LogP contribution in [-0.4, -0.2) is 40.8 Å². The standard InChI is InChI=1S/C26H32N4O3/c1-4-21(19-8-6-5-7-9-19)26(33)30-14-12-20(13-15-30)29-24(31)11-10-22-17(2)23(16-27)25(32)28-18(22)3/h5-9,20-21H,4,10-15H2,1-3H3,(H,28,32)(H,29,31). The molecular weight excluding hydrogens is 416 g/mol. The Balaban J connectivity index is 1.51. The van der Waals surface area contributed by atoms with E-state index < -0.39 is 0 Å². The number of aromatic nitrogens is 1. The summed E-state index contributed by atoms with van der Waals surface area (Å²) in [6, 6.07) is 11.9. The van der Waals surface area contributed by atoms with Crippen LogP contribution in [0.5, 0.6) is 0 Å². The number of benzene rings is 1. The largest absolute Gasteiger partial charge is 0.353 e. The van der Waals surface area contributed by atoms with Gasteiger partial charge in [0, 0.05) is 31.2 Å². The highest BCUT2D eigenvalue weighted by atomic mass is 16.2. The van der Waals surface area contributed by atoms with E-state index >= 15 is 0 Å². The van der Waals surface area contributed by atoms with Crippen molar-refractivity contribution in [1.82, 2.24) is 15.2 Å². The SMILES string of the molecule is CCC(C(=O)N1CCC(NC(=O)CCc2c(C)[nH]c(=O)c(C#N)c2C)CC1)c1ccccc1. The smallest absolute Gasteiger partial charge is 0.266 e. The Morgan fingerprint density at radius 1 is 1.21 bits per heavy atom. The molecule has 1 saturated heterocycles. The summed E-state index contributed by atoms with van der Waals surface area (Å²) in [7, 11) is 0. The van der Waals surface area contributed by atoms with Crippen LogP contribution in [0.1, 0.15) is 66.5 Å². The quantitative estimate of drug-likeness (QED) is 0.679. The number of pyridine rings is 1. The number of carbonyl (C=O) groups is 2. The molecule has 3 rings (SSSR count). The highest BCUT2D eigenvalue weighted by Gasteiger charge is 2.28. The van der Waals surface area contributed by atoms with Crippen LogP contribution in [0, 0.1) is 25.2 Å². The molecule has 0 saturated carbocycles. The second-order valence-electron chi connectivity index (χ2n) is 8.71. The number of likely N-dealkylation sites (tertiary alicyclic amines) is 1. The first-order valence-corrected chi connectivity index (χ1v) is 11.6. The summed E-state index contributed by atoms with van der Waals surface area (Å²) in [6.07, 6.45) is 2.97. The fraction of sp³-hybridized carbons (Fsp3) is 0.462. The van der Waals surface area contributed by atoms with Gasteiger partial charge in [-0.25, -0.2) is 0 Å². The van der Waals surface area contributed by atoms with E-state index in [9.17, 15) is 19.6 Å². The highest BCUT2D eigenvalue weighted by Crippen LogP contribution is 2.24. The van der Waals surface area contributed by atoms with Crippen molar-refractivity contribution >= 4 is 11.8 Å². The summed E-state index contributed by atoms with van der Waals surface area (Å²) in [5.74, 6) is -0.0239. The van der Waals surface area contributed by atoms with Gasteiger partial charge in [0.1, 0.15) is 11.6 Å². The summed E-state index contributed by atoms with van der Waals surface area (Å²) in [5, 5.41) is 12.3. The topological polar surface area (TPSA) is 106 Å². The number of amides is 2. The van der Waals surface area contributed by atoms with Gasteiger partial charge in [-0.15, -0.1) is 0 Å². The maximum absolute atomic E-state index is 13.0. The van der Waals surface area contributed by atoms with Crippen molar-refractivity contribution in [2.75, 3.05) is 13.1 Å². The van der Waals surface area contributed by atoms with E-state index in [1.54, 1.807) is 13.8 Å². The van der Waals surface area contributed by atoms with Crippen LogP contribution in [0.4, 0.5) is 0 Å². The molecule has 7 heteroatoms. The van der Waals surface area contributed by atoms with E-state index in [-0.39, 0.29) is 41.3 Å². The summed E-state index contributed by atoms with van der Waals surface area (Å²) < 4.78 is 0. The molecule has 1 fully saturated rings. The van der Waals surface area contributed by atoms with Crippen molar-refractivity contribution in [3.05, 3.63) is 68.6 Å². The van der Waals surface area contributed by atoms with Crippen LogP contribution in [-0.2, 0) is 16.0 Å². The number of nitriles is 1. The number of aryl methyl sites for hydroxylation is 1. The molecule has 7 nitrogen and oxygen atoms in total. The van der Waals surface area contributed by atoms with Gasteiger partial charge in [-0.3, -0.25) is 14.4 Å². The second-order valence-corrected chi connectivity index (χ2v) is 8.71. The third-order valence-electron chi connectivity index (χ3n) is 6.60. The van der Waals surface area contributed by atoms with Crippen molar-refractivity contribution in [2.24, 2.45) is 0 Å². The Labute approximate surface area is 194 Å². The third-order valence-corrected chi connectivity index (χ3v) is 6.60. The van der Waals surface area contributed by atoms with Crippen LogP contribution < -0.4 is 10.9 Å². The molecular formula is C26H32N4O3. The average Bonchev–Trinajstić information content (AvgIpc) is 2.80. The monoisotopic (exact) mass is 448 g/mol. The number of hydrogen-bond acceptors (Lipinski definition) is 4. The molecule has 1 aromatic carbocycles. The summed E-state index contributed by atoms with van der Waals surface area (Å²) in [6.45, 7) is 6.84. The Morgan fingerprint density at radius 3 is 2.48 bits per heavy atom.